The number of amides is 1. The zero-order chi connectivity index (χ0) is 16.1. The van der Waals surface area contributed by atoms with Gasteiger partial charge in [-0.2, -0.15) is 0 Å². The summed E-state index contributed by atoms with van der Waals surface area (Å²) in [5.41, 5.74) is 1.33. The molecule has 0 spiro atoms. The molecule has 0 unspecified atom stereocenters. The van der Waals surface area contributed by atoms with Crippen molar-refractivity contribution in [3.05, 3.63) is 33.5 Å². The number of carbonyl (C=O) groups excluding carboxylic acids is 1. The van der Waals surface area contributed by atoms with Crippen LogP contribution in [0, 0.1) is 0 Å². The van der Waals surface area contributed by atoms with Gasteiger partial charge in [-0.25, -0.2) is 0 Å². The van der Waals surface area contributed by atoms with Crippen molar-refractivity contribution in [3.8, 4) is 0 Å². The lowest BCUT2D eigenvalue weighted by Crippen LogP contribution is -2.44. The van der Waals surface area contributed by atoms with Crippen molar-refractivity contribution >= 4 is 17.2 Å². The van der Waals surface area contributed by atoms with Crippen molar-refractivity contribution < 1.29 is 4.79 Å². The maximum atomic E-state index is 12.7. The van der Waals surface area contributed by atoms with Crippen LogP contribution in [0.5, 0.6) is 0 Å². The van der Waals surface area contributed by atoms with E-state index < -0.39 is 0 Å². The van der Waals surface area contributed by atoms with E-state index in [2.05, 4.69) is 31.1 Å². The van der Waals surface area contributed by atoms with E-state index >= 15 is 0 Å². The van der Waals surface area contributed by atoms with Gasteiger partial charge in [0, 0.05) is 37.0 Å². The van der Waals surface area contributed by atoms with Crippen LogP contribution in [-0.4, -0.2) is 50.1 Å². The lowest BCUT2D eigenvalue weighted by molar-refractivity contribution is -0.133. The number of hydrogen-bond donors (Lipinski definition) is 0. The molecule has 0 radical (unpaired) electrons. The molecule has 0 saturated heterocycles. The highest BCUT2D eigenvalue weighted by Gasteiger charge is 2.32. The lowest BCUT2D eigenvalue weighted by Gasteiger charge is -2.32. The first-order valence-corrected chi connectivity index (χ1v) is 9.63. The number of aromatic nitrogens is 3. The zero-order valence-corrected chi connectivity index (χ0v) is 14.5. The third-order valence-corrected chi connectivity index (χ3v) is 6.35. The molecular weight excluding hydrogens is 322 g/mol. The molecule has 3 aliphatic rings. The van der Waals surface area contributed by atoms with Gasteiger partial charge >= 0.3 is 0 Å². The summed E-state index contributed by atoms with van der Waals surface area (Å²) < 4.78 is 2.27. The van der Waals surface area contributed by atoms with Gasteiger partial charge < -0.3 is 9.47 Å². The van der Waals surface area contributed by atoms with Gasteiger partial charge in [0.15, 0.2) is 0 Å². The van der Waals surface area contributed by atoms with Crippen molar-refractivity contribution in [1.29, 1.82) is 0 Å². The van der Waals surface area contributed by atoms with Crippen LogP contribution in [0.4, 0.5) is 0 Å². The van der Waals surface area contributed by atoms with E-state index in [9.17, 15) is 4.79 Å². The van der Waals surface area contributed by atoms with Crippen LogP contribution in [0.3, 0.4) is 0 Å². The standard InChI is InChI=1S/C17H21N5OS/c23-16(21-5-3-14-13(9-21)4-8-24-14)11-20-6-7-22-15(10-20)18-19-17(22)12-1-2-12/h4,8,12H,1-3,5-7,9-11H2. The molecular formula is C17H21N5OS. The third-order valence-electron chi connectivity index (χ3n) is 5.32. The van der Waals surface area contributed by atoms with Crippen molar-refractivity contribution in [2.24, 2.45) is 0 Å². The molecule has 1 aliphatic carbocycles. The molecule has 6 nitrogen and oxygen atoms in total. The van der Waals surface area contributed by atoms with Crippen LogP contribution in [0.2, 0.25) is 0 Å². The van der Waals surface area contributed by atoms with Gasteiger partial charge in [0.1, 0.15) is 11.6 Å². The maximum Gasteiger partial charge on any atom is 0.237 e. The average Bonchev–Trinajstić information content (AvgIpc) is 3.18. The van der Waals surface area contributed by atoms with Crippen LogP contribution in [0.25, 0.3) is 0 Å². The van der Waals surface area contributed by atoms with Crippen molar-refractivity contribution in [2.45, 2.75) is 44.8 Å². The summed E-state index contributed by atoms with van der Waals surface area (Å²) in [5.74, 6) is 3.06. The summed E-state index contributed by atoms with van der Waals surface area (Å²) in [7, 11) is 0. The Balaban J connectivity index is 1.23. The van der Waals surface area contributed by atoms with E-state index in [0.29, 0.717) is 12.5 Å². The first-order valence-electron chi connectivity index (χ1n) is 8.75. The molecule has 1 fully saturated rings. The first-order chi connectivity index (χ1) is 11.8. The topological polar surface area (TPSA) is 54.3 Å². The number of hydrogen-bond acceptors (Lipinski definition) is 5. The summed E-state index contributed by atoms with van der Waals surface area (Å²) >= 11 is 1.81. The summed E-state index contributed by atoms with van der Waals surface area (Å²) in [4.78, 5) is 18.3. The van der Waals surface area contributed by atoms with Gasteiger partial charge in [0.25, 0.3) is 0 Å². The van der Waals surface area contributed by atoms with E-state index in [1.165, 1.54) is 23.3 Å². The van der Waals surface area contributed by atoms with Gasteiger partial charge in [-0.1, -0.05) is 0 Å². The molecule has 7 heteroatoms. The number of carbonyl (C=O) groups is 1. The Bertz CT molecular complexity index is 778. The Kier molecular flexibility index (Phi) is 3.45. The highest BCUT2D eigenvalue weighted by Crippen LogP contribution is 2.39. The van der Waals surface area contributed by atoms with Crippen LogP contribution in [-0.2, 0) is 30.8 Å². The minimum Gasteiger partial charge on any atom is -0.337 e. The Morgan fingerprint density at radius 2 is 2.12 bits per heavy atom. The summed E-state index contributed by atoms with van der Waals surface area (Å²) in [6, 6.07) is 2.15. The van der Waals surface area contributed by atoms with Gasteiger partial charge in [0.05, 0.1) is 13.1 Å². The number of rotatable bonds is 3. The molecule has 126 valence electrons. The highest BCUT2D eigenvalue weighted by molar-refractivity contribution is 7.10. The number of fused-ring (bicyclic) bond motifs is 2. The van der Waals surface area contributed by atoms with Crippen LogP contribution in [0.1, 0.15) is 40.8 Å². The molecule has 2 aromatic rings. The molecule has 2 aromatic heterocycles. The van der Waals surface area contributed by atoms with Gasteiger partial charge in [-0.3, -0.25) is 9.69 Å². The predicted octanol–water partition coefficient (Wildman–Crippen LogP) is 1.62. The van der Waals surface area contributed by atoms with E-state index in [1.807, 2.05) is 16.2 Å². The molecule has 0 N–H and O–H groups in total. The monoisotopic (exact) mass is 343 g/mol. The minimum absolute atomic E-state index is 0.238. The molecule has 0 atom stereocenters. The van der Waals surface area contributed by atoms with E-state index in [0.717, 1.165) is 50.8 Å². The summed E-state index contributed by atoms with van der Waals surface area (Å²) in [6.45, 7) is 4.67. The molecule has 2 aliphatic heterocycles. The van der Waals surface area contributed by atoms with Crippen molar-refractivity contribution in [3.63, 3.8) is 0 Å². The average molecular weight is 343 g/mol. The van der Waals surface area contributed by atoms with Gasteiger partial charge in [0.2, 0.25) is 5.91 Å². The molecule has 5 rings (SSSR count). The summed E-state index contributed by atoms with van der Waals surface area (Å²) in [6.07, 6.45) is 3.50. The number of thiophene rings is 1. The third kappa shape index (κ3) is 2.56. The van der Waals surface area contributed by atoms with E-state index in [1.54, 1.807) is 0 Å². The van der Waals surface area contributed by atoms with E-state index in [-0.39, 0.29) is 5.91 Å². The van der Waals surface area contributed by atoms with E-state index in [4.69, 9.17) is 0 Å². The second-order valence-corrected chi connectivity index (χ2v) is 8.05. The van der Waals surface area contributed by atoms with Crippen LogP contribution in [0.15, 0.2) is 11.4 Å². The minimum atomic E-state index is 0.238. The fraction of sp³-hybridized carbons (Fsp3) is 0.588. The SMILES string of the molecule is O=C(CN1CCn2c(nnc2C2CC2)C1)N1CCc2sccc2C1. The van der Waals surface area contributed by atoms with Gasteiger partial charge in [-0.15, -0.1) is 21.5 Å². The fourth-order valence-electron chi connectivity index (χ4n) is 3.76. The molecule has 1 amide bonds. The molecule has 0 aromatic carbocycles. The molecule has 24 heavy (non-hydrogen) atoms. The first kappa shape index (κ1) is 14.6. The maximum absolute atomic E-state index is 12.7. The van der Waals surface area contributed by atoms with Crippen molar-refractivity contribution in [2.75, 3.05) is 19.6 Å². The fourth-order valence-corrected chi connectivity index (χ4v) is 4.65. The summed E-state index contributed by atoms with van der Waals surface area (Å²) in [5, 5.41) is 10.9. The van der Waals surface area contributed by atoms with Gasteiger partial charge in [-0.05, 0) is 36.3 Å². The normalized spacial score (nSPS) is 20.8. The second-order valence-electron chi connectivity index (χ2n) is 7.05. The number of nitrogens with zero attached hydrogens (tertiary/aromatic N) is 5. The van der Waals surface area contributed by atoms with Crippen molar-refractivity contribution in [1.82, 2.24) is 24.6 Å². The molecule has 1 saturated carbocycles. The molecule has 0 bridgehead atoms. The quantitative estimate of drug-likeness (QED) is 0.850. The highest BCUT2D eigenvalue weighted by atomic mass is 32.1. The smallest absolute Gasteiger partial charge is 0.237 e. The Morgan fingerprint density at radius 3 is 3.00 bits per heavy atom. The largest absolute Gasteiger partial charge is 0.337 e. The zero-order valence-electron chi connectivity index (χ0n) is 13.6. The Labute approximate surface area is 145 Å². The predicted molar refractivity (Wildman–Crippen MR) is 90.7 cm³/mol. The molecule has 4 heterocycles. The van der Waals surface area contributed by atoms with Crippen LogP contribution < -0.4 is 0 Å². The lowest BCUT2D eigenvalue weighted by atomic mass is 10.1. The second kappa shape index (κ2) is 5.67. The Hall–Kier alpha value is -1.73. The van der Waals surface area contributed by atoms with Crippen LogP contribution >= 0.6 is 11.3 Å². The Morgan fingerprint density at radius 1 is 1.21 bits per heavy atom.